The second-order valence-electron chi connectivity index (χ2n) is 5.23. The van der Waals surface area contributed by atoms with Crippen LogP contribution in [0, 0.1) is 11.7 Å². The van der Waals surface area contributed by atoms with E-state index < -0.39 is 0 Å². The number of imidazole rings is 1. The molecule has 1 aromatic heterocycles. The number of rotatable bonds is 4. The maximum Gasteiger partial charge on any atom is 0.129 e. The Kier molecular flexibility index (Phi) is 4.03. The first-order valence-corrected chi connectivity index (χ1v) is 7.25. The van der Waals surface area contributed by atoms with Gasteiger partial charge in [0.2, 0.25) is 0 Å². The number of nitrogens with zero attached hydrogens (tertiary/aromatic N) is 2. The van der Waals surface area contributed by atoms with E-state index in [0.29, 0.717) is 23.0 Å². The summed E-state index contributed by atoms with van der Waals surface area (Å²) >= 11 is 6.01. The zero-order valence-electron chi connectivity index (χ0n) is 11.1. The van der Waals surface area contributed by atoms with Crippen molar-refractivity contribution >= 4 is 11.6 Å². The van der Waals surface area contributed by atoms with Gasteiger partial charge in [-0.05, 0) is 31.0 Å². The summed E-state index contributed by atoms with van der Waals surface area (Å²) in [6, 6.07) is 4.80. The van der Waals surface area contributed by atoms with Crippen LogP contribution in [0.2, 0.25) is 5.02 Å². The van der Waals surface area contributed by atoms with E-state index >= 15 is 0 Å². The predicted octanol–water partition coefficient (Wildman–Crippen LogP) is 3.03. The third kappa shape index (κ3) is 2.86. The summed E-state index contributed by atoms with van der Waals surface area (Å²) in [4.78, 5) is 4.32. The fraction of sp³-hybridized carbons (Fsp3) is 0.400. The van der Waals surface area contributed by atoms with Gasteiger partial charge in [0, 0.05) is 42.5 Å². The highest BCUT2D eigenvalue weighted by Gasteiger charge is 2.18. The van der Waals surface area contributed by atoms with Gasteiger partial charge in [0.15, 0.2) is 0 Å². The summed E-state index contributed by atoms with van der Waals surface area (Å²) in [5.41, 5.74) is 0.549. The smallest absolute Gasteiger partial charge is 0.129 e. The van der Waals surface area contributed by atoms with Crippen LogP contribution in [0.1, 0.15) is 17.8 Å². The molecular formula is C15H17ClFN3. The second-order valence-corrected chi connectivity index (χ2v) is 5.64. The minimum absolute atomic E-state index is 0.245. The fourth-order valence-electron chi connectivity index (χ4n) is 2.71. The first-order chi connectivity index (χ1) is 9.74. The minimum Gasteiger partial charge on any atom is -0.335 e. The first-order valence-electron chi connectivity index (χ1n) is 6.87. The summed E-state index contributed by atoms with van der Waals surface area (Å²) < 4.78 is 15.8. The molecule has 20 heavy (non-hydrogen) atoms. The van der Waals surface area contributed by atoms with Gasteiger partial charge in [0.1, 0.15) is 11.6 Å². The Labute approximate surface area is 122 Å². The van der Waals surface area contributed by atoms with Crippen molar-refractivity contribution in [3.8, 4) is 0 Å². The van der Waals surface area contributed by atoms with Crippen molar-refractivity contribution in [2.45, 2.75) is 25.9 Å². The monoisotopic (exact) mass is 293 g/mol. The highest BCUT2D eigenvalue weighted by Crippen LogP contribution is 2.20. The van der Waals surface area contributed by atoms with Crippen LogP contribution < -0.4 is 5.32 Å². The summed E-state index contributed by atoms with van der Waals surface area (Å²) in [6.07, 6.45) is 6.01. The number of hydrogen-bond acceptors (Lipinski definition) is 2. The van der Waals surface area contributed by atoms with E-state index in [4.69, 9.17) is 11.6 Å². The molecule has 1 atom stereocenters. The van der Waals surface area contributed by atoms with Crippen LogP contribution >= 0.6 is 11.6 Å². The van der Waals surface area contributed by atoms with E-state index in [9.17, 15) is 4.39 Å². The predicted molar refractivity (Wildman–Crippen MR) is 77.2 cm³/mol. The molecule has 0 bridgehead atoms. The van der Waals surface area contributed by atoms with Crippen molar-refractivity contribution in [3.63, 3.8) is 0 Å². The van der Waals surface area contributed by atoms with Crippen LogP contribution in [0.15, 0.2) is 30.6 Å². The highest BCUT2D eigenvalue weighted by atomic mass is 35.5. The van der Waals surface area contributed by atoms with E-state index in [1.807, 2.05) is 12.4 Å². The van der Waals surface area contributed by atoms with Crippen molar-refractivity contribution in [1.82, 2.24) is 14.9 Å². The molecule has 0 fully saturated rings. The highest BCUT2D eigenvalue weighted by molar-refractivity contribution is 6.31. The van der Waals surface area contributed by atoms with E-state index in [1.54, 1.807) is 12.1 Å². The zero-order chi connectivity index (χ0) is 13.9. The lowest BCUT2D eigenvalue weighted by Gasteiger charge is -2.24. The molecule has 3 nitrogen and oxygen atoms in total. The van der Waals surface area contributed by atoms with Crippen molar-refractivity contribution in [1.29, 1.82) is 0 Å². The Morgan fingerprint density at radius 1 is 1.45 bits per heavy atom. The molecule has 2 heterocycles. The van der Waals surface area contributed by atoms with Gasteiger partial charge in [-0.2, -0.15) is 0 Å². The van der Waals surface area contributed by atoms with Crippen LogP contribution in [0.5, 0.6) is 0 Å². The van der Waals surface area contributed by atoms with Gasteiger partial charge in [-0.1, -0.05) is 17.7 Å². The van der Waals surface area contributed by atoms with Crippen LogP contribution in [-0.2, 0) is 19.5 Å². The van der Waals surface area contributed by atoms with Crippen molar-refractivity contribution in [3.05, 3.63) is 52.8 Å². The number of fused-ring (bicyclic) bond motifs is 1. The van der Waals surface area contributed by atoms with Gasteiger partial charge in [-0.3, -0.25) is 0 Å². The average Bonchev–Trinajstić information content (AvgIpc) is 2.89. The average molecular weight is 294 g/mol. The van der Waals surface area contributed by atoms with Gasteiger partial charge in [-0.15, -0.1) is 0 Å². The Morgan fingerprint density at radius 3 is 3.20 bits per heavy atom. The van der Waals surface area contributed by atoms with Crippen LogP contribution in [0.25, 0.3) is 0 Å². The third-order valence-corrected chi connectivity index (χ3v) is 4.18. The molecule has 3 rings (SSSR count). The molecule has 2 aromatic rings. The normalized spacial score (nSPS) is 18.0. The summed E-state index contributed by atoms with van der Waals surface area (Å²) in [7, 11) is 0. The van der Waals surface area contributed by atoms with Crippen molar-refractivity contribution in [2.75, 3.05) is 6.54 Å². The Balaban J connectivity index is 1.54. The Morgan fingerprint density at radius 2 is 2.35 bits per heavy atom. The summed E-state index contributed by atoms with van der Waals surface area (Å²) in [5, 5.41) is 3.80. The van der Waals surface area contributed by atoms with Crippen LogP contribution in [0.3, 0.4) is 0 Å². The molecule has 0 amide bonds. The Hall–Kier alpha value is -1.39. The number of hydrogen-bond donors (Lipinski definition) is 1. The maximum atomic E-state index is 13.6. The maximum absolute atomic E-state index is 13.6. The lowest BCUT2D eigenvalue weighted by atomic mass is 9.99. The molecule has 0 unspecified atom stereocenters. The number of aryl methyl sites for hydroxylation is 1. The topological polar surface area (TPSA) is 29.9 Å². The SMILES string of the molecule is Fc1cccc(Cl)c1CNC[C@@H]1CCc2nccn2C1. The van der Waals surface area contributed by atoms with E-state index in [-0.39, 0.29) is 5.82 Å². The lowest BCUT2D eigenvalue weighted by Crippen LogP contribution is -2.30. The van der Waals surface area contributed by atoms with Gasteiger partial charge >= 0.3 is 0 Å². The molecule has 0 aliphatic carbocycles. The molecule has 0 spiro atoms. The number of halogens is 2. The second kappa shape index (κ2) is 5.94. The molecule has 0 saturated heterocycles. The van der Waals surface area contributed by atoms with Crippen LogP contribution in [-0.4, -0.2) is 16.1 Å². The number of benzene rings is 1. The first kappa shape index (κ1) is 13.6. The molecule has 0 radical (unpaired) electrons. The molecule has 1 aliphatic heterocycles. The number of aromatic nitrogens is 2. The molecule has 0 saturated carbocycles. The molecule has 1 aromatic carbocycles. The Bertz CT molecular complexity index is 576. The van der Waals surface area contributed by atoms with Gasteiger partial charge in [0.05, 0.1) is 0 Å². The van der Waals surface area contributed by atoms with Crippen LogP contribution in [0.4, 0.5) is 4.39 Å². The summed E-state index contributed by atoms with van der Waals surface area (Å²) in [6.45, 7) is 2.31. The largest absolute Gasteiger partial charge is 0.335 e. The molecular weight excluding hydrogens is 277 g/mol. The van der Waals surface area contributed by atoms with Crippen molar-refractivity contribution in [2.24, 2.45) is 5.92 Å². The van der Waals surface area contributed by atoms with Crippen molar-refractivity contribution < 1.29 is 4.39 Å². The van der Waals surface area contributed by atoms with E-state index in [1.165, 1.54) is 11.9 Å². The standard InChI is InChI=1S/C15H17ClFN3/c16-13-2-1-3-14(17)12(13)9-18-8-11-4-5-15-19-6-7-20(15)10-11/h1-3,6-7,11,18H,4-5,8-10H2/t11-/m0/s1. The van der Waals surface area contributed by atoms with E-state index in [2.05, 4.69) is 14.9 Å². The third-order valence-electron chi connectivity index (χ3n) is 3.83. The number of nitrogens with one attached hydrogen (secondary N) is 1. The molecule has 1 aliphatic rings. The fourth-order valence-corrected chi connectivity index (χ4v) is 2.94. The van der Waals surface area contributed by atoms with Gasteiger partial charge < -0.3 is 9.88 Å². The quantitative estimate of drug-likeness (QED) is 0.939. The molecule has 106 valence electrons. The molecule has 1 N–H and O–H groups in total. The minimum atomic E-state index is -0.245. The summed E-state index contributed by atoms with van der Waals surface area (Å²) in [5.74, 6) is 1.48. The van der Waals surface area contributed by atoms with Gasteiger partial charge in [-0.25, -0.2) is 9.37 Å². The van der Waals surface area contributed by atoms with Gasteiger partial charge in [0.25, 0.3) is 0 Å². The molecule has 5 heteroatoms. The lowest BCUT2D eigenvalue weighted by molar-refractivity contribution is 0.346. The zero-order valence-corrected chi connectivity index (χ0v) is 11.9. The van der Waals surface area contributed by atoms with E-state index in [0.717, 1.165) is 25.9 Å².